The SMILES string of the molecule is O=C(CC12CC3CC(CC(C3)C1)C2)NCCS(=O)(=O)N1CCN(c2ccccc2Cl)CC1. The minimum Gasteiger partial charge on any atom is -0.368 e. The minimum atomic E-state index is -3.39. The molecule has 6 nitrogen and oxygen atoms in total. The van der Waals surface area contributed by atoms with E-state index in [4.69, 9.17) is 11.6 Å². The Morgan fingerprint density at radius 3 is 2.19 bits per heavy atom. The summed E-state index contributed by atoms with van der Waals surface area (Å²) in [6.45, 7) is 2.30. The van der Waals surface area contributed by atoms with Gasteiger partial charge in [0, 0.05) is 39.1 Å². The fourth-order valence-electron chi connectivity index (χ4n) is 7.27. The molecule has 5 fully saturated rings. The number of carbonyl (C=O) groups is 1. The number of sulfonamides is 1. The number of hydrogen-bond donors (Lipinski definition) is 1. The first kappa shape index (κ1) is 22.5. The zero-order valence-electron chi connectivity index (χ0n) is 18.6. The monoisotopic (exact) mass is 479 g/mol. The normalized spacial score (nSPS) is 32.3. The molecule has 1 aromatic carbocycles. The Hall–Kier alpha value is -1.31. The topological polar surface area (TPSA) is 69.7 Å². The van der Waals surface area contributed by atoms with Crippen molar-refractivity contribution < 1.29 is 13.2 Å². The third-order valence-corrected chi connectivity index (χ3v) is 10.4. The molecule has 32 heavy (non-hydrogen) atoms. The van der Waals surface area contributed by atoms with E-state index >= 15 is 0 Å². The lowest BCUT2D eigenvalue weighted by Gasteiger charge is -2.56. The molecule has 4 saturated carbocycles. The van der Waals surface area contributed by atoms with Crippen LogP contribution in [-0.4, -0.2) is 57.1 Å². The van der Waals surface area contributed by atoms with E-state index < -0.39 is 10.0 Å². The predicted octanol–water partition coefficient (Wildman–Crippen LogP) is 3.51. The van der Waals surface area contributed by atoms with Crippen molar-refractivity contribution in [3.63, 3.8) is 0 Å². The molecular weight excluding hydrogens is 446 g/mol. The maximum Gasteiger partial charge on any atom is 0.220 e. The summed E-state index contributed by atoms with van der Waals surface area (Å²) >= 11 is 6.28. The van der Waals surface area contributed by atoms with Gasteiger partial charge in [-0.1, -0.05) is 23.7 Å². The molecule has 8 heteroatoms. The number of anilines is 1. The van der Waals surface area contributed by atoms with Crippen molar-refractivity contribution in [2.45, 2.75) is 44.9 Å². The first-order valence-electron chi connectivity index (χ1n) is 12.1. The number of nitrogens with zero attached hydrogens (tertiary/aromatic N) is 2. The van der Waals surface area contributed by atoms with Crippen LogP contribution in [0.3, 0.4) is 0 Å². The number of benzene rings is 1. The molecule has 0 atom stereocenters. The molecule has 0 spiro atoms. The Morgan fingerprint density at radius 2 is 1.59 bits per heavy atom. The number of nitrogens with one attached hydrogen (secondary N) is 1. The third-order valence-electron chi connectivity index (χ3n) is 8.21. The van der Waals surface area contributed by atoms with E-state index in [1.165, 1.54) is 38.5 Å². The van der Waals surface area contributed by atoms with Crippen LogP contribution >= 0.6 is 11.6 Å². The fraction of sp³-hybridized carbons (Fsp3) is 0.708. The number of para-hydroxylation sites is 1. The number of piperazine rings is 1. The highest BCUT2D eigenvalue weighted by molar-refractivity contribution is 7.89. The molecule has 1 aromatic rings. The summed E-state index contributed by atoms with van der Waals surface area (Å²) in [4.78, 5) is 14.8. The predicted molar refractivity (Wildman–Crippen MR) is 127 cm³/mol. The summed E-state index contributed by atoms with van der Waals surface area (Å²) in [6.07, 6.45) is 8.25. The van der Waals surface area contributed by atoms with Gasteiger partial charge in [0.25, 0.3) is 0 Å². The Labute approximate surface area is 196 Å². The molecule has 1 heterocycles. The van der Waals surface area contributed by atoms with Gasteiger partial charge in [-0.25, -0.2) is 8.42 Å². The summed E-state index contributed by atoms with van der Waals surface area (Å²) < 4.78 is 27.2. The lowest BCUT2D eigenvalue weighted by atomic mass is 9.49. The van der Waals surface area contributed by atoms with Gasteiger partial charge in [-0.2, -0.15) is 4.31 Å². The zero-order valence-corrected chi connectivity index (χ0v) is 20.2. The van der Waals surface area contributed by atoms with Crippen LogP contribution in [0, 0.1) is 23.2 Å². The average Bonchev–Trinajstić information content (AvgIpc) is 2.73. The molecule has 0 aromatic heterocycles. The second-order valence-electron chi connectivity index (χ2n) is 10.6. The minimum absolute atomic E-state index is 0.0330. The van der Waals surface area contributed by atoms with Crippen molar-refractivity contribution in [2.75, 3.05) is 43.4 Å². The smallest absolute Gasteiger partial charge is 0.220 e. The maximum atomic E-state index is 12.8. The van der Waals surface area contributed by atoms with Gasteiger partial charge >= 0.3 is 0 Å². The molecule has 5 aliphatic rings. The van der Waals surface area contributed by atoms with Gasteiger partial charge in [0.2, 0.25) is 15.9 Å². The highest BCUT2D eigenvalue weighted by Gasteiger charge is 2.51. The van der Waals surface area contributed by atoms with Crippen LogP contribution in [0.1, 0.15) is 44.9 Å². The molecule has 176 valence electrons. The Bertz CT molecular complexity index is 924. The van der Waals surface area contributed by atoms with Gasteiger partial charge < -0.3 is 10.2 Å². The molecule has 1 aliphatic heterocycles. The van der Waals surface area contributed by atoms with Crippen LogP contribution < -0.4 is 10.2 Å². The van der Waals surface area contributed by atoms with E-state index in [-0.39, 0.29) is 23.6 Å². The summed E-state index contributed by atoms with van der Waals surface area (Å²) in [6, 6.07) is 7.65. The van der Waals surface area contributed by atoms with Gasteiger partial charge in [-0.15, -0.1) is 0 Å². The van der Waals surface area contributed by atoms with E-state index in [0.717, 1.165) is 23.4 Å². The molecule has 4 bridgehead atoms. The zero-order chi connectivity index (χ0) is 22.3. The van der Waals surface area contributed by atoms with Gasteiger partial charge in [-0.05, 0) is 73.8 Å². The Balaban J connectivity index is 1.08. The quantitative estimate of drug-likeness (QED) is 0.649. The Morgan fingerprint density at radius 1 is 1.00 bits per heavy atom. The van der Waals surface area contributed by atoms with Crippen LogP contribution in [0.25, 0.3) is 0 Å². The number of rotatable bonds is 7. The second kappa shape index (κ2) is 8.80. The Kier molecular flexibility index (Phi) is 6.18. The van der Waals surface area contributed by atoms with Crippen LogP contribution in [0.4, 0.5) is 5.69 Å². The number of halogens is 1. The third kappa shape index (κ3) is 4.66. The lowest BCUT2D eigenvalue weighted by Crippen LogP contribution is -2.50. The van der Waals surface area contributed by atoms with Crippen molar-refractivity contribution >= 4 is 33.2 Å². The number of amides is 1. The lowest BCUT2D eigenvalue weighted by molar-refractivity contribution is -0.129. The molecule has 1 N–H and O–H groups in total. The summed E-state index contributed by atoms with van der Waals surface area (Å²) in [7, 11) is -3.39. The van der Waals surface area contributed by atoms with Gasteiger partial charge in [0.15, 0.2) is 0 Å². The largest absolute Gasteiger partial charge is 0.368 e. The molecule has 0 unspecified atom stereocenters. The van der Waals surface area contributed by atoms with E-state index in [2.05, 4.69) is 10.2 Å². The van der Waals surface area contributed by atoms with Crippen molar-refractivity contribution in [3.05, 3.63) is 29.3 Å². The van der Waals surface area contributed by atoms with Crippen LogP contribution in [-0.2, 0) is 14.8 Å². The van der Waals surface area contributed by atoms with Crippen molar-refractivity contribution in [2.24, 2.45) is 23.2 Å². The molecule has 1 saturated heterocycles. The van der Waals surface area contributed by atoms with Crippen molar-refractivity contribution in [1.82, 2.24) is 9.62 Å². The van der Waals surface area contributed by atoms with Gasteiger partial charge in [0.05, 0.1) is 16.5 Å². The van der Waals surface area contributed by atoms with Crippen LogP contribution in [0.15, 0.2) is 24.3 Å². The average molecular weight is 480 g/mol. The number of hydrogen-bond acceptors (Lipinski definition) is 4. The first-order valence-corrected chi connectivity index (χ1v) is 14.0. The molecular formula is C24H34ClN3O3S. The van der Waals surface area contributed by atoms with Crippen LogP contribution in [0.2, 0.25) is 5.02 Å². The fourth-order valence-corrected chi connectivity index (χ4v) is 8.87. The second-order valence-corrected chi connectivity index (χ2v) is 13.1. The first-order chi connectivity index (χ1) is 15.3. The van der Waals surface area contributed by atoms with Crippen molar-refractivity contribution in [1.29, 1.82) is 0 Å². The van der Waals surface area contributed by atoms with Gasteiger partial charge in [0.1, 0.15) is 0 Å². The summed E-state index contributed by atoms with van der Waals surface area (Å²) in [5.74, 6) is 2.45. The van der Waals surface area contributed by atoms with Crippen molar-refractivity contribution in [3.8, 4) is 0 Å². The standard InChI is InChI=1S/C24H34ClN3O3S/c25-21-3-1-2-4-22(21)27-6-8-28(9-7-27)32(30,31)10-5-26-23(29)17-24-14-18-11-19(15-24)13-20(12-18)16-24/h1-4,18-20H,5-17H2,(H,26,29). The van der Waals surface area contributed by atoms with E-state index in [1.54, 1.807) is 4.31 Å². The van der Waals surface area contributed by atoms with E-state index in [1.807, 2.05) is 24.3 Å². The molecule has 1 amide bonds. The van der Waals surface area contributed by atoms with Crippen LogP contribution in [0.5, 0.6) is 0 Å². The van der Waals surface area contributed by atoms with E-state index in [0.29, 0.717) is 37.6 Å². The highest BCUT2D eigenvalue weighted by Crippen LogP contribution is 2.61. The van der Waals surface area contributed by atoms with E-state index in [9.17, 15) is 13.2 Å². The highest BCUT2D eigenvalue weighted by atomic mass is 35.5. The summed E-state index contributed by atoms with van der Waals surface area (Å²) in [5.41, 5.74) is 1.13. The molecule has 6 rings (SSSR count). The van der Waals surface area contributed by atoms with Gasteiger partial charge in [-0.3, -0.25) is 4.79 Å². The maximum absolute atomic E-state index is 12.8. The molecule has 0 radical (unpaired) electrons. The summed E-state index contributed by atoms with van der Waals surface area (Å²) in [5, 5.41) is 3.61. The molecule has 4 aliphatic carbocycles. The number of carbonyl (C=O) groups excluding carboxylic acids is 1.